The number of likely N-dealkylation sites (tertiary alicyclic amines) is 1. The zero-order valence-electron chi connectivity index (χ0n) is 14.9. The summed E-state index contributed by atoms with van der Waals surface area (Å²) < 4.78 is 0. The van der Waals surface area contributed by atoms with E-state index in [-0.39, 0.29) is 0 Å². The van der Waals surface area contributed by atoms with E-state index < -0.39 is 0 Å². The molecule has 0 spiro atoms. The second-order valence-electron chi connectivity index (χ2n) is 6.65. The largest absolute Gasteiger partial charge is 0.330 e. The molecular weight excluding hydrogens is 356 g/mol. The van der Waals surface area contributed by atoms with Gasteiger partial charge < -0.3 is 5.32 Å². The van der Waals surface area contributed by atoms with E-state index in [2.05, 4.69) is 37.7 Å². The third-order valence-corrected chi connectivity index (χ3v) is 5.59. The van der Waals surface area contributed by atoms with Crippen LogP contribution in [-0.2, 0) is 6.54 Å². The van der Waals surface area contributed by atoms with E-state index in [4.69, 9.17) is 10.2 Å². The molecular formula is C20H20N6S. The summed E-state index contributed by atoms with van der Waals surface area (Å²) >= 11 is 1.62. The highest BCUT2D eigenvalue weighted by atomic mass is 32.1. The van der Waals surface area contributed by atoms with Crippen molar-refractivity contribution in [2.45, 2.75) is 25.3 Å². The first-order chi connectivity index (χ1) is 13.3. The number of nitriles is 1. The molecule has 1 fully saturated rings. The lowest BCUT2D eigenvalue weighted by molar-refractivity contribution is 0.203. The first-order valence-electron chi connectivity index (χ1n) is 9.00. The summed E-state index contributed by atoms with van der Waals surface area (Å²) in [5.41, 5.74) is 3.76. The molecule has 0 bridgehead atoms. The molecule has 0 aromatic carbocycles. The van der Waals surface area contributed by atoms with Crippen LogP contribution in [0.4, 0.5) is 10.8 Å². The first kappa shape index (κ1) is 17.6. The number of rotatable bonds is 5. The van der Waals surface area contributed by atoms with Crippen LogP contribution in [0.1, 0.15) is 35.7 Å². The van der Waals surface area contributed by atoms with Crippen LogP contribution in [0, 0.1) is 11.3 Å². The normalized spacial score (nSPS) is 15.4. The smallest absolute Gasteiger partial charge is 0.187 e. The second kappa shape index (κ2) is 8.25. The van der Waals surface area contributed by atoms with Crippen LogP contribution in [0.5, 0.6) is 0 Å². The number of hydrogen-bond donors (Lipinski definition) is 1. The number of aromatic nitrogens is 3. The van der Waals surface area contributed by atoms with Crippen LogP contribution >= 0.6 is 11.3 Å². The van der Waals surface area contributed by atoms with Gasteiger partial charge in [-0.05, 0) is 55.8 Å². The van der Waals surface area contributed by atoms with Gasteiger partial charge in [-0.25, -0.2) is 9.97 Å². The molecule has 6 nitrogen and oxygen atoms in total. The second-order valence-corrected chi connectivity index (χ2v) is 7.51. The number of anilines is 2. The predicted octanol–water partition coefficient (Wildman–Crippen LogP) is 3.93. The number of pyridine rings is 2. The first-order valence-corrected chi connectivity index (χ1v) is 9.88. The molecule has 0 aliphatic carbocycles. The van der Waals surface area contributed by atoms with Gasteiger partial charge in [0.15, 0.2) is 5.13 Å². The average Bonchev–Trinajstić information content (AvgIpc) is 3.18. The van der Waals surface area contributed by atoms with Crippen LogP contribution in [0.15, 0.2) is 48.2 Å². The van der Waals surface area contributed by atoms with E-state index in [0.717, 1.165) is 43.3 Å². The highest BCUT2D eigenvalue weighted by Crippen LogP contribution is 2.31. The Kier molecular flexibility index (Phi) is 5.37. The van der Waals surface area contributed by atoms with E-state index in [1.165, 1.54) is 11.3 Å². The van der Waals surface area contributed by atoms with E-state index in [1.807, 2.05) is 24.5 Å². The Bertz CT molecular complexity index is 908. The maximum atomic E-state index is 8.82. The third kappa shape index (κ3) is 4.48. The number of nitrogens with zero attached hydrogens (tertiary/aromatic N) is 5. The molecule has 0 radical (unpaired) electrons. The highest BCUT2D eigenvalue weighted by Gasteiger charge is 2.22. The van der Waals surface area contributed by atoms with Crippen LogP contribution in [0.25, 0.3) is 0 Å². The monoisotopic (exact) mass is 376 g/mol. The third-order valence-electron chi connectivity index (χ3n) is 4.81. The Morgan fingerprint density at radius 1 is 1.19 bits per heavy atom. The molecule has 3 aromatic rings. The number of hydrogen-bond acceptors (Lipinski definition) is 7. The summed E-state index contributed by atoms with van der Waals surface area (Å²) in [6.45, 7) is 3.17. The molecule has 1 aliphatic rings. The Morgan fingerprint density at radius 2 is 2.00 bits per heavy atom. The average molecular weight is 376 g/mol. The standard InChI is InChI=1S/C20H20N6S/c21-11-17-1-2-18(12-23-17)24-20-25-19(14-27-20)16-5-9-26(10-6-16)13-15-3-7-22-8-4-15/h1-4,7-8,12,14,16H,5-6,9-10,13H2,(H,24,25). The van der Waals surface area contributed by atoms with Crippen molar-refractivity contribution >= 4 is 22.2 Å². The molecule has 0 saturated carbocycles. The fourth-order valence-corrected chi connectivity index (χ4v) is 4.13. The minimum Gasteiger partial charge on any atom is -0.330 e. The summed E-state index contributed by atoms with van der Waals surface area (Å²) in [4.78, 5) is 15.4. The van der Waals surface area contributed by atoms with E-state index in [1.54, 1.807) is 23.6 Å². The zero-order chi connectivity index (χ0) is 18.5. The van der Waals surface area contributed by atoms with E-state index in [9.17, 15) is 0 Å². The summed E-state index contributed by atoms with van der Waals surface area (Å²) in [5, 5.41) is 15.1. The molecule has 0 amide bonds. The number of nitrogens with one attached hydrogen (secondary N) is 1. The van der Waals surface area contributed by atoms with Gasteiger partial charge in [0, 0.05) is 30.2 Å². The predicted molar refractivity (Wildman–Crippen MR) is 106 cm³/mol. The molecule has 1 saturated heterocycles. The van der Waals surface area contributed by atoms with Gasteiger partial charge in [-0.15, -0.1) is 11.3 Å². The number of thiazole rings is 1. The van der Waals surface area contributed by atoms with Gasteiger partial charge in [0.25, 0.3) is 0 Å². The fraction of sp³-hybridized carbons (Fsp3) is 0.300. The Morgan fingerprint density at radius 3 is 2.70 bits per heavy atom. The molecule has 7 heteroatoms. The highest BCUT2D eigenvalue weighted by molar-refractivity contribution is 7.13. The molecule has 4 rings (SSSR count). The van der Waals surface area contributed by atoms with Crippen molar-refractivity contribution < 1.29 is 0 Å². The van der Waals surface area contributed by atoms with Crippen molar-refractivity contribution in [3.05, 3.63) is 65.2 Å². The van der Waals surface area contributed by atoms with Crippen molar-refractivity contribution in [1.82, 2.24) is 19.9 Å². The lowest BCUT2D eigenvalue weighted by atomic mass is 9.94. The van der Waals surface area contributed by atoms with E-state index >= 15 is 0 Å². The van der Waals surface area contributed by atoms with Gasteiger partial charge in [-0.2, -0.15) is 5.26 Å². The summed E-state index contributed by atoms with van der Waals surface area (Å²) in [7, 11) is 0. The van der Waals surface area contributed by atoms with Crippen molar-refractivity contribution in [2.75, 3.05) is 18.4 Å². The van der Waals surface area contributed by atoms with Crippen LogP contribution < -0.4 is 5.32 Å². The van der Waals surface area contributed by atoms with E-state index in [0.29, 0.717) is 11.6 Å². The summed E-state index contributed by atoms with van der Waals surface area (Å²) in [6.07, 6.45) is 7.64. The van der Waals surface area contributed by atoms with Crippen LogP contribution in [0.3, 0.4) is 0 Å². The Hall–Kier alpha value is -2.82. The van der Waals surface area contributed by atoms with Crippen LogP contribution in [-0.4, -0.2) is 32.9 Å². The maximum absolute atomic E-state index is 8.82. The lowest BCUT2D eigenvalue weighted by Crippen LogP contribution is -2.32. The lowest BCUT2D eigenvalue weighted by Gasteiger charge is -2.31. The molecule has 1 aliphatic heterocycles. The molecule has 136 valence electrons. The SMILES string of the molecule is N#Cc1ccc(Nc2nc(C3CCN(Cc4ccncc4)CC3)cs2)cn1. The number of piperidine rings is 1. The summed E-state index contributed by atoms with van der Waals surface area (Å²) in [5.74, 6) is 0.518. The van der Waals surface area contributed by atoms with Crippen molar-refractivity contribution in [3.8, 4) is 6.07 Å². The molecule has 27 heavy (non-hydrogen) atoms. The minimum atomic E-state index is 0.416. The minimum absolute atomic E-state index is 0.416. The zero-order valence-corrected chi connectivity index (χ0v) is 15.7. The quantitative estimate of drug-likeness (QED) is 0.727. The fourth-order valence-electron chi connectivity index (χ4n) is 3.32. The van der Waals surface area contributed by atoms with Crippen molar-refractivity contribution in [1.29, 1.82) is 5.26 Å². The molecule has 1 N–H and O–H groups in total. The Labute approximate surface area is 162 Å². The van der Waals surface area contributed by atoms with Gasteiger partial charge in [0.2, 0.25) is 0 Å². The maximum Gasteiger partial charge on any atom is 0.187 e. The molecule has 0 atom stereocenters. The van der Waals surface area contributed by atoms with Crippen molar-refractivity contribution in [2.24, 2.45) is 0 Å². The summed E-state index contributed by atoms with van der Waals surface area (Å²) in [6, 6.07) is 9.75. The van der Waals surface area contributed by atoms with Crippen molar-refractivity contribution in [3.63, 3.8) is 0 Å². The van der Waals surface area contributed by atoms with Gasteiger partial charge in [0.1, 0.15) is 11.8 Å². The van der Waals surface area contributed by atoms with Crippen LogP contribution in [0.2, 0.25) is 0 Å². The van der Waals surface area contributed by atoms with Gasteiger partial charge in [0.05, 0.1) is 17.6 Å². The van der Waals surface area contributed by atoms with Gasteiger partial charge in [-0.1, -0.05) is 0 Å². The van der Waals surface area contributed by atoms with Gasteiger partial charge in [-0.3, -0.25) is 9.88 Å². The molecule has 4 heterocycles. The molecule has 0 unspecified atom stereocenters. The topological polar surface area (TPSA) is 77.7 Å². The Balaban J connectivity index is 1.32. The molecule has 3 aromatic heterocycles. The van der Waals surface area contributed by atoms with Gasteiger partial charge >= 0.3 is 0 Å².